The van der Waals surface area contributed by atoms with Crippen molar-refractivity contribution in [2.75, 3.05) is 0 Å². The predicted molar refractivity (Wildman–Crippen MR) is 91.9 cm³/mol. The molecule has 2 aromatic rings. The van der Waals surface area contributed by atoms with Crippen LogP contribution in [0.1, 0.15) is 35.6 Å². The Morgan fingerprint density at radius 3 is 2.22 bits per heavy atom. The van der Waals surface area contributed by atoms with E-state index in [1.807, 2.05) is 6.20 Å². The fraction of sp³-hybridized carbons (Fsp3) is 0.190. The van der Waals surface area contributed by atoms with Crippen molar-refractivity contribution in [2.45, 2.75) is 25.2 Å². The Kier molecular flexibility index (Phi) is 3.19. The van der Waals surface area contributed by atoms with E-state index in [4.69, 9.17) is 0 Å². The zero-order valence-corrected chi connectivity index (χ0v) is 13.2. The summed E-state index contributed by atoms with van der Waals surface area (Å²) in [5.74, 6) is 0. The molecule has 2 nitrogen and oxygen atoms in total. The Balaban J connectivity index is 2.02. The van der Waals surface area contributed by atoms with Crippen molar-refractivity contribution in [3.05, 3.63) is 94.8 Å². The lowest BCUT2D eigenvalue weighted by atomic mass is 9.65. The number of carbonyl (C=O) groups is 1. The van der Waals surface area contributed by atoms with Gasteiger partial charge in [0, 0.05) is 11.9 Å². The summed E-state index contributed by atoms with van der Waals surface area (Å²) >= 11 is 0. The van der Waals surface area contributed by atoms with Crippen LogP contribution in [0.15, 0.2) is 72.6 Å². The highest BCUT2D eigenvalue weighted by Gasteiger charge is 2.38. The number of hydrogen-bond acceptors (Lipinski definition) is 1. The van der Waals surface area contributed by atoms with Gasteiger partial charge >= 0.3 is 0 Å². The van der Waals surface area contributed by atoms with Crippen molar-refractivity contribution >= 4 is 6.41 Å². The van der Waals surface area contributed by atoms with Crippen molar-refractivity contribution in [3.8, 4) is 0 Å². The van der Waals surface area contributed by atoms with Gasteiger partial charge in [-0.15, -0.1) is 0 Å². The first-order chi connectivity index (χ1) is 11.3. The highest BCUT2D eigenvalue weighted by molar-refractivity contribution is 5.64. The highest BCUT2D eigenvalue weighted by atomic mass is 16.1. The standard InChI is InChI=1S/C21H19NO/c1-2-18-14-21(11-12-22(18)15-23)19-9-5-3-7-16(19)13-17-8-4-6-10-20(17)21/h3-12,14-15H,2,13H2,1H3. The van der Waals surface area contributed by atoms with Gasteiger partial charge in [-0.25, -0.2) is 0 Å². The molecule has 0 fully saturated rings. The molecule has 0 radical (unpaired) electrons. The molecule has 0 bridgehead atoms. The molecule has 0 saturated heterocycles. The maximum absolute atomic E-state index is 11.3. The van der Waals surface area contributed by atoms with Gasteiger partial charge in [0.25, 0.3) is 0 Å². The highest BCUT2D eigenvalue weighted by Crippen LogP contribution is 2.46. The van der Waals surface area contributed by atoms with E-state index < -0.39 is 0 Å². The van der Waals surface area contributed by atoms with Crippen molar-refractivity contribution in [1.82, 2.24) is 4.90 Å². The zero-order valence-electron chi connectivity index (χ0n) is 13.2. The van der Waals surface area contributed by atoms with E-state index in [9.17, 15) is 4.79 Å². The van der Waals surface area contributed by atoms with Crippen LogP contribution in [0.25, 0.3) is 0 Å². The molecule has 0 atom stereocenters. The van der Waals surface area contributed by atoms with Crippen LogP contribution in [-0.4, -0.2) is 11.3 Å². The van der Waals surface area contributed by atoms with Gasteiger partial charge in [0.15, 0.2) is 0 Å². The number of carbonyl (C=O) groups excluding carboxylic acids is 1. The Bertz CT molecular complexity index is 786. The van der Waals surface area contributed by atoms with Crippen molar-refractivity contribution < 1.29 is 4.79 Å². The van der Waals surface area contributed by atoms with E-state index in [-0.39, 0.29) is 5.41 Å². The normalized spacial score (nSPS) is 17.4. The molecule has 2 heteroatoms. The second-order valence-electron chi connectivity index (χ2n) is 6.18. The average molecular weight is 301 g/mol. The minimum absolute atomic E-state index is 0.268. The van der Waals surface area contributed by atoms with Gasteiger partial charge in [-0.2, -0.15) is 0 Å². The lowest BCUT2D eigenvalue weighted by Gasteiger charge is -2.40. The number of allylic oxidation sites excluding steroid dienone is 3. The molecule has 23 heavy (non-hydrogen) atoms. The second kappa shape index (κ2) is 5.24. The van der Waals surface area contributed by atoms with E-state index in [1.54, 1.807) is 4.90 Å². The van der Waals surface area contributed by atoms with Gasteiger partial charge < -0.3 is 0 Å². The molecule has 1 heterocycles. The number of nitrogens with zero attached hydrogens (tertiary/aromatic N) is 1. The minimum atomic E-state index is -0.268. The molecule has 2 aromatic carbocycles. The fourth-order valence-corrected chi connectivity index (χ4v) is 3.91. The molecule has 1 aliphatic carbocycles. The summed E-state index contributed by atoms with van der Waals surface area (Å²) in [7, 11) is 0. The van der Waals surface area contributed by atoms with Gasteiger partial charge in [0.05, 0.1) is 5.41 Å². The largest absolute Gasteiger partial charge is 0.295 e. The summed E-state index contributed by atoms with van der Waals surface area (Å²) in [5.41, 5.74) is 6.16. The average Bonchev–Trinajstić information content (AvgIpc) is 2.62. The zero-order chi connectivity index (χ0) is 15.9. The Hall–Kier alpha value is -2.61. The molecule has 2 aliphatic rings. The van der Waals surface area contributed by atoms with Gasteiger partial charge in [-0.05, 0) is 47.2 Å². The summed E-state index contributed by atoms with van der Waals surface area (Å²) in [6.45, 7) is 2.09. The Labute approximate surface area is 136 Å². The number of hydrogen-bond donors (Lipinski definition) is 0. The lowest BCUT2D eigenvalue weighted by Crippen LogP contribution is -2.34. The summed E-state index contributed by atoms with van der Waals surface area (Å²) < 4.78 is 0. The molecule has 1 aliphatic heterocycles. The minimum Gasteiger partial charge on any atom is -0.295 e. The summed E-state index contributed by atoms with van der Waals surface area (Å²) in [6.07, 6.45) is 9.03. The molecule has 0 unspecified atom stereocenters. The van der Waals surface area contributed by atoms with Crippen LogP contribution in [0.3, 0.4) is 0 Å². The smallest absolute Gasteiger partial charge is 0.217 e. The van der Waals surface area contributed by atoms with Crippen molar-refractivity contribution in [3.63, 3.8) is 0 Å². The van der Waals surface area contributed by atoms with E-state index in [1.165, 1.54) is 22.3 Å². The maximum atomic E-state index is 11.3. The molecule has 0 saturated carbocycles. The van der Waals surface area contributed by atoms with Crippen LogP contribution in [0.4, 0.5) is 0 Å². The van der Waals surface area contributed by atoms with Gasteiger partial charge in [-0.3, -0.25) is 9.69 Å². The number of rotatable bonds is 2. The van der Waals surface area contributed by atoms with Crippen LogP contribution in [0.5, 0.6) is 0 Å². The fourth-order valence-electron chi connectivity index (χ4n) is 3.91. The van der Waals surface area contributed by atoms with E-state index in [0.29, 0.717) is 0 Å². The molecule has 1 spiro atoms. The monoisotopic (exact) mass is 301 g/mol. The third-order valence-electron chi connectivity index (χ3n) is 5.01. The number of fused-ring (bicyclic) bond motifs is 4. The maximum Gasteiger partial charge on any atom is 0.217 e. The third kappa shape index (κ3) is 1.98. The molecule has 114 valence electrons. The predicted octanol–water partition coefficient (Wildman–Crippen LogP) is 4.16. The van der Waals surface area contributed by atoms with Crippen LogP contribution in [-0.2, 0) is 16.6 Å². The van der Waals surface area contributed by atoms with Gasteiger partial charge in [0.1, 0.15) is 0 Å². The van der Waals surface area contributed by atoms with Crippen LogP contribution in [0, 0.1) is 0 Å². The third-order valence-corrected chi connectivity index (χ3v) is 5.01. The van der Waals surface area contributed by atoms with Crippen molar-refractivity contribution in [2.24, 2.45) is 0 Å². The van der Waals surface area contributed by atoms with E-state index in [0.717, 1.165) is 24.9 Å². The van der Waals surface area contributed by atoms with E-state index in [2.05, 4.69) is 67.6 Å². The van der Waals surface area contributed by atoms with Crippen LogP contribution < -0.4 is 0 Å². The topological polar surface area (TPSA) is 20.3 Å². The Morgan fingerprint density at radius 1 is 1.04 bits per heavy atom. The lowest BCUT2D eigenvalue weighted by molar-refractivity contribution is -0.114. The summed E-state index contributed by atoms with van der Waals surface area (Å²) in [5, 5.41) is 0. The summed E-state index contributed by atoms with van der Waals surface area (Å²) in [6, 6.07) is 17.3. The number of amides is 1. The van der Waals surface area contributed by atoms with Crippen molar-refractivity contribution in [1.29, 1.82) is 0 Å². The molecule has 1 amide bonds. The van der Waals surface area contributed by atoms with Crippen LogP contribution >= 0.6 is 0 Å². The second-order valence-corrected chi connectivity index (χ2v) is 6.18. The van der Waals surface area contributed by atoms with Gasteiger partial charge in [-0.1, -0.05) is 55.5 Å². The van der Waals surface area contributed by atoms with Gasteiger partial charge in [0.2, 0.25) is 6.41 Å². The SMILES string of the molecule is CCC1=CC2(C=CN1C=O)c1ccccc1Cc1ccccc12. The first-order valence-electron chi connectivity index (χ1n) is 8.10. The molecule has 4 rings (SSSR count). The van der Waals surface area contributed by atoms with E-state index >= 15 is 0 Å². The Morgan fingerprint density at radius 2 is 1.65 bits per heavy atom. The molecular weight excluding hydrogens is 282 g/mol. The first kappa shape index (κ1) is 14.0. The quantitative estimate of drug-likeness (QED) is 0.763. The summed E-state index contributed by atoms with van der Waals surface area (Å²) in [4.78, 5) is 13.0. The molecular formula is C21H19NO. The molecule has 0 aromatic heterocycles. The van der Waals surface area contributed by atoms with Crippen LogP contribution in [0.2, 0.25) is 0 Å². The number of benzene rings is 2. The first-order valence-corrected chi connectivity index (χ1v) is 8.10. The molecule has 0 N–H and O–H groups in total.